The maximum absolute atomic E-state index is 14.5. The van der Waals surface area contributed by atoms with Gasteiger partial charge in [-0.15, -0.1) is 0 Å². The zero-order chi connectivity index (χ0) is 53.1. The summed E-state index contributed by atoms with van der Waals surface area (Å²) in [7, 11) is 0. The average molecular weight is 1060 g/mol. The van der Waals surface area contributed by atoms with E-state index in [4.69, 9.17) is 47.4 Å². The molecular weight excluding hydrogens is 1000 g/mol. The van der Waals surface area contributed by atoms with Gasteiger partial charge in [0.2, 0.25) is 0 Å². The molecule has 6 aromatic carbocycles. The normalized spacial score (nSPS) is 37.6. The smallest absolute Gasteiger partial charge is 0.338 e. The highest BCUT2D eigenvalue weighted by molar-refractivity contribution is 6.03. The highest BCUT2D eigenvalue weighted by Crippen LogP contribution is 2.35. The van der Waals surface area contributed by atoms with Crippen molar-refractivity contribution in [1.29, 1.82) is 0 Å². The molecule has 404 valence electrons. The zero-order valence-corrected chi connectivity index (χ0v) is 40.1. The van der Waals surface area contributed by atoms with Crippen molar-refractivity contribution in [2.45, 2.75) is 123 Å². The van der Waals surface area contributed by atoms with Crippen molar-refractivity contribution in [3.63, 3.8) is 0 Å². The fourth-order valence-electron chi connectivity index (χ4n) is 10.3. The standard InChI is InChI=1S/C54H56O22/c55-37-33-19-68-52-45(63)43(61)39(57)35(73-52)21-70-54-48(76-50(66)30-12-10-28-14-24-6-2-4-8-26(24)16-32(28)18-30)47(75-49(65)29-11-9-27-13-23-5-1-3-7-25(23)15-31(27)17-29)40(58)36(74-54)22-69-53-46(64)42(60)38(56)34(72-53)20-67-51(71-33)44(62)41(37)59/h1-18,33-48,51-64H,19-22H2/t33-,34-,35-,36-,37-,38-,39-,40-,41+,42+,43+,44-,45-,46-,47+,48-,51+,52+,53+,54+/m1/s1. The number of hydrogen-bond donors (Lipinski definition) is 10. The van der Waals surface area contributed by atoms with Crippen LogP contribution in [0.1, 0.15) is 20.7 Å². The minimum absolute atomic E-state index is 0.0349. The second-order valence-corrected chi connectivity index (χ2v) is 19.7. The topological polar surface area (TPSA) is 329 Å². The van der Waals surface area contributed by atoms with E-state index in [1.54, 1.807) is 24.3 Å². The van der Waals surface area contributed by atoms with Gasteiger partial charge in [-0.05, 0) is 91.6 Å². The van der Waals surface area contributed by atoms with Crippen molar-refractivity contribution in [3.8, 4) is 0 Å². The Balaban J connectivity index is 0.948. The Morgan fingerprint density at radius 1 is 0.329 bits per heavy atom. The number of benzene rings is 6. The number of aliphatic hydroxyl groups is 10. The second-order valence-electron chi connectivity index (χ2n) is 19.7. The van der Waals surface area contributed by atoms with Crippen LogP contribution in [-0.2, 0) is 47.4 Å². The molecular formula is C54H56O22. The molecule has 0 unspecified atom stereocenters. The number of fused-ring (bicyclic) bond motifs is 12. The Kier molecular flexibility index (Phi) is 15.1. The summed E-state index contributed by atoms with van der Waals surface area (Å²) in [6.07, 6.45) is -36.2. The van der Waals surface area contributed by atoms with Crippen molar-refractivity contribution in [2.24, 2.45) is 0 Å². The van der Waals surface area contributed by atoms with Crippen LogP contribution in [0, 0.1) is 0 Å². The van der Waals surface area contributed by atoms with Crippen LogP contribution >= 0.6 is 0 Å². The number of carbonyl (C=O) groups is 2. The number of aliphatic hydroxyl groups excluding tert-OH is 10. The van der Waals surface area contributed by atoms with E-state index in [9.17, 15) is 60.7 Å². The Morgan fingerprint density at radius 3 is 1.01 bits per heavy atom. The quantitative estimate of drug-likeness (QED) is 0.0796. The van der Waals surface area contributed by atoms with Gasteiger partial charge in [-0.25, -0.2) is 9.59 Å². The van der Waals surface area contributed by atoms with Crippen LogP contribution < -0.4 is 0 Å². The SMILES string of the molecule is O=C(O[C@H]1[C@H]2OC[C@H]3O[C@H](OC[C@H]4O[C@H](OC[C@H]5O[C@H](OC[C@@H](O2)[C@@H](O)[C@@H]1OC(=O)c1ccc2cc6ccccc6cc2c1)[C@H](O)[C@@H](O)[C@@H]5O)[C@H](O)[C@@H](O)[C@@H]4O)[C@H](O)[C@@H](O)[C@@H]3O)c1ccc2cc3ccccc3cc2c1. The minimum Gasteiger partial charge on any atom is -0.452 e. The third-order valence-electron chi connectivity index (χ3n) is 14.7. The molecule has 0 saturated carbocycles. The van der Waals surface area contributed by atoms with Gasteiger partial charge in [0.1, 0.15) is 85.5 Å². The largest absolute Gasteiger partial charge is 0.452 e. The third kappa shape index (κ3) is 10.3. The molecule has 5 fully saturated rings. The van der Waals surface area contributed by atoms with Gasteiger partial charge in [-0.3, -0.25) is 0 Å². The van der Waals surface area contributed by atoms with Crippen molar-refractivity contribution in [1.82, 2.24) is 0 Å². The molecule has 20 atom stereocenters. The molecule has 5 aliphatic heterocycles. The fourth-order valence-corrected chi connectivity index (χ4v) is 10.3. The molecule has 0 spiro atoms. The molecule has 0 aromatic heterocycles. The molecule has 6 aromatic rings. The van der Waals surface area contributed by atoms with E-state index in [0.717, 1.165) is 32.3 Å². The summed E-state index contributed by atoms with van der Waals surface area (Å²) >= 11 is 0. The van der Waals surface area contributed by atoms with Crippen LogP contribution in [-0.4, -0.2) is 212 Å². The molecule has 22 nitrogen and oxygen atoms in total. The lowest BCUT2D eigenvalue weighted by Crippen LogP contribution is -2.64. The molecule has 0 amide bonds. The average Bonchev–Trinajstić information content (AvgIpc) is 3.44. The first-order valence-corrected chi connectivity index (χ1v) is 24.8. The van der Waals surface area contributed by atoms with Gasteiger partial charge in [-0.1, -0.05) is 60.7 Å². The summed E-state index contributed by atoms with van der Waals surface area (Å²) in [5, 5.41) is 118. The van der Waals surface area contributed by atoms with E-state index in [2.05, 4.69) is 0 Å². The lowest BCUT2D eigenvalue weighted by molar-refractivity contribution is -0.357. The number of esters is 2. The molecule has 11 rings (SSSR count). The van der Waals surface area contributed by atoms with Crippen LogP contribution in [0.15, 0.2) is 109 Å². The van der Waals surface area contributed by atoms with Gasteiger partial charge in [-0.2, -0.15) is 0 Å². The van der Waals surface area contributed by atoms with Crippen molar-refractivity contribution in [2.75, 3.05) is 26.4 Å². The monoisotopic (exact) mass is 1060 g/mol. The van der Waals surface area contributed by atoms with Crippen LogP contribution in [0.5, 0.6) is 0 Å². The number of hydrogen-bond acceptors (Lipinski definition) is 22. The maximum atomic E-state index is 14.5. The predicted molar refractivity (Wildman–Crippen MR) is 260 cm³/mol. The van der Waals surface area contributed by atoms with Crippen molar-refractivity contribution < 1.29 is 108 Å². The fraction of sp³-hybridized carbons (Fsp3) is 0.444. The van der Waals surface area contributed by atoms with Crippen LogP contribution in [0.2, 0.25) is 0 Å². The first-order chi connectivity index (χ1) is 36.6. The zero-order valence-electron chi connectivity index (χ0n) is 40.1. The molecule has 5 saturated heterocycles. The highest BCUT2D eigenvalue weighted by Gasteiger charge is 2.54. The Hall–Kier alpha value is -5.42. The number of ether oxygens (including phenoxy) is 10. The minimum atomic E-state index is -1.96. The summed E-state index contributed by atoms with van der Waals surface area (Å²) in [6.45, 7) is -2.90. The first kappa shape index (κ1) is 52.6. The summed E-state index contributed by atoms with van der Waals surface area (Å²) in [5.41, 5.74) is 0.0698. The summed E-state index contributed by atoms with van der Waals surface area (Å²) in [6, 6.07) is 32.6. The molecule has 76 heavy (non-hydrogen) atoms. The molecule has 0 radical (unpaired) electrons. The predicted octanol–water partition coefficient (Wildman–Crippen LogP) is -0.361. The van der Waals surface area contributed by atoms with E-state index in [1.165, 1.54) is 12.1 Å². The lowest BCUT2D eigenvalue weighted by Gasteiger charge is -2.46. The van der Waals surface area contributed by atoms with Crippen molar-refractivity contribution >= 4 is 55.0 Å². The number of carbonyl (C=O) groups excluding carboxylic acids is 2. The van der Waals surface area contributed by atoms with Gasteiger partial charge < -0.3 is 98.4 Å². The second kappa shape index (κ2) is 21.8. The van der Waals surface area contributed by atoms with E-state index in [0.29, 0.717) is 10.8 Å². The molecule has 0 aliphatic carbocycles. The first-order valence-electron chi connectivity index (χ1n) is 24.8. The molecule has 8 bridgehead atoms. The van der Waals surface area contributed by atoms with E-state index in [1.807, 2.05) is 72.8 Å². The van der Waals surface area contributed by atoms with E-state index >= 15 is 0 Å². The van der Waals surface area contributed by atoms with Gasteiger partial charge in [0.15, 0.2) is 37.4 Å². The van der Waals surface area contributed by atoms with Crippen LogP contribution in [0.3, 0.4) is 0 Å². The Bertz CT molecular complexity index is 3070. The molecule has 5 heterocycles. The van der Waals surface area contributed by atoms with Crippen molar-refractivity contribution in [3.05, 3.63) is 120 Å². The molecule has 22 heteroatoms. The van der Waals surface area contributed by atoms with Gasteiger partial charge >= 0.3 is 11.9 Å². The summed E-state index contributed by atoms with van der Waals surface area (Å²) in [5.74, 6) is -1.96. The van der Waals surface area contributed by atoms with E-state index < -0.39 is 161 Å². The van der Waals surface area contributed by atoms with Gasteiger partial charge in [0.25, 0.3) is 0 Å². The lowest BCUT2D eigenvalue weighted by atomic mass is 9.97. The third-order valence-corrected chi connectivity index (χ3v) is 14.7. The molecule has 5 aliphatic rings. The van der Waals surface area contributed by atoms with Crippen LogP contribution in [0.4, 0.5) is 0 Å². The maximum Gasteiger partial charge on any atom is 0.338 e. The van der Waals surface area contributed by atoms with Gasteiger partial charge in [0, 0.05) is 0 Å². The van der Waals surface area contributed by atoms with E-state index in [-0.39, 0.29) is 11.1 Å². The summed E-state index contributed by atoms with van der Waals surface area (Å²) < 4.78 is 59.5. The van der Waals surface area contributed by atoms with Gasteiger partial charge in [0.05, 0.1) is 37.6 Å². The number of rotatable bonds is 4. The summed E-state index contributed by atoms with van der Waals surface area (Å²) in [4.78, 5) is 28.9. The molecule has 10 N–H and O–H groups in total. The highest BCUT2D eigenvalue weighted by atomic mass is 16.8. The van der Waals surface area contributed by atoms with Crippen LogP contribution in [0.25, 0.3) is 43.1 Å². The Morgan fingerprint density at radius 2 is 0.632 bits per heavy atom. The Labute approximate surface area is 431 Å².